The maximum atomic E-state index is 12.3. The lowest BCUT2D eigenvalue weighted by Crippen LogP contribution is -2.35. The summed E-state index contributed by atoms with van der Waals surface area (Å²) in [4.78, 5) is 38.8. The Morgan fingerprint density at radius 1 is 0.512 bits per heavy atom. The van der Waals surface area contributed by atoms with Crippen molar-refractivity contribution >= 4 is 82.7 Å². The Bertz CT molecular complexity index is 678. The number of carbonyl (C=O) groups is 3. The normalized spacial score (nSPS) is 21.8. The van der Waals surface area contributed by atoms with Gasteiger partial charge in [-0.3, -0.25) is 19.3 Å². The maximum absolute atomic E-state index is 12.3. The zero-order chi connectivity index (χ0) is 30.4. The van der Waals surface area contributed by atoms with Crippen molar-refractivity contribution < 1.29 is 28.6 Å². The minimum Gasteiger partial charge on any atom is -0.464 e. The number of carbonyl (C=O) groups excluding carboxylic acids is 3. The van der Waals surface area contributed by atoms with E-state index in [1.54, 1.807) is 0 Å². The van der Waals surface area contributed by atoms with Crippen molar-refractivity contribution in [3.63, 3.8) is 0 Å². The van der Waals surface area contributed by atoms with E-state index in [0.717, 1.165) is 54.3 Å². The highest BCUT2D eigenvalue weighted by Crippen LogP contribution is 2.41. The second-order valence-corrected chi connectivity index (χ2v) is 19.6. The molecule has 3 fully saturated rings. The van der Waals surface area contributed by atoms with Gasteiger partial charge in [0.15, 0.2) is 0 Å². The number of nitrogens with zero attached hydrogens (tertiary/aromatic N) is 1. The average molecular weight is 714 g/mol. The van der Waals surface area contributed by atoms with Crippen LogP contribution in [0.25, 0.3) is 0 Å². The molecule has 13 heteroatoms. The third kappa shape index (κ3) is 19.0. The summed E-state index contributed by atoms with van der Waals surface area (Å²) < 4.78 is 16.5. The molecule has 0 aliphatic carbocycles. The van der Waals surface area contributed by atoms with E-state index in [4.69, 9.17) is 14.2 Å². The van der Waals surface area contributed by atoms with Crippen LogP contribution in [0.3, 0.4) is 0 Å². The van der Waals surface area contributed by atoms with E-state index < -0.39 is 0 Å². The van der Waals surface area contributed by atoms with Crippen LogP contribution in [0, 0.1) is 0 Å². The number of hydrogen-bond acceptors (Lipinski definition) is 13. The molecule has 0 aromatic rings. The lowest BCUT2D eigenvalue weighted by molar-refractivity contribution is -0.144. The first-order valence-electron chi connectivity index (χ1n) is 16.1. The van der Waals surface area contributed by atoms with Gasteiger partial charge in [-0.05, 0) is 57.8 Å². The fourth-order valence-corrected chi connectivity index (χ4v) is 14.1. The smallest absolute Gasteiger partial charge is 0.305 e. The summed E-state index contributed by atoms with van der Waals surface area (Å²) in [5, 5.41) is 2.22. The zero-order valence-electron chi connectivity index (χ0n) is 25.5. The van der Waals surface area contributed by atoms with Crippen LogP contribution in [0.4, 0.5) is 0 Å². The lowest BCUT2D eigenvalue weighted by atomic mass is 10.1. The lowest BCUT2D eigenvalue weighted by Gasteiger charge is -2.22. The van der Waals surface area contributed by atoms with Crippen molar-refractivity contribution in [2.24, 2.45) is 0 Å². The molecule has 0 aromatic carbocycles. The predicted molar refractivity (Wildman–Crippen MR) is 190 cm³/mol. The van der Waals surface area contributed by atoms with Gasteiger partial charge in [-0.2, -0.15) is 0 Å². The fraction of sp³-hybridized carbons (Fsp3) is 0.900. The molecule has 3 heterocycles. The molecule has 0 spiro atoms. The summed E-state index contributed by atoms with van der Waals surface area (Å²) in [5.74, 6) is 3.25. The molecular weight excluding hydrogens is 663 g/mol. The van der Waals surface area contributed by atoms with Gasteiger partial charge in [-0.1, -0.05) is 84.0 Å². The standard InChI is InChI=1S/C30H51NO6S6/c32-28(10-4-1-7-25-13-22-38-41-25)35-19-16-31(17-20-36-29(33)11-5-2-8-26-14-23-39-42-26)18-21-37-30(34)12-6-3-9-27-15-24-40-43-27/h25-27H,1-24H2. The summed E-state index contributed by atoms with van der Waals surface area (Å²) in [7, 11) is 11.8. The second kappa shape index (κ2) is 24.6. The summed E-state index contributed by atoms with van der Waals surface area (Å²) in [6.45, 7) is 2.40. The van der Waals surface area contributed by atoms with Gasteiger partial charge in [0.25, 0.3) is 0 Å². The Labute approximate surface area is 283 Å². The van der Waals surface area contributed by atoms with Crippen molar-refractivity contribution in [2.45, 2.75) is 112 Å². The Morgan fingerprint density at radius 3 is 1.12 bits per heavy atom. The van der Waals surface area contributed by atoms with Crippen LogP contribution in [0.15, 0.2) is 0 Å². The van der Waals surface area contributed by atoms with E-state index in [0.29, 0.717) is 38.9 Å². The van der Waals surface area contributed by atoms with Gasteiger partial charge in [0.05, 0.1) is 0 Å². The van der Waals surface area contributed by atoms with Crippen molar-refractivity contribution in [1.82, 2.24) is 4.90 Å². The van der Waals surface area contributed by atoms with Crippen LogP contribution in [0.5, 0.6) is 0 Å². The van der Waals surface area contributed by atoms with Gasteiger partial charge in [0, 0.05) is 71.9 Å². The molecule has 3 saturated heterocycles. The Kier molecular flexibility index (Phi) is 21.7. The number of hydrogen-bond donors (Lipinski definition) is 0. The number of rotatable bonds is 24. The van der Waals surface area contributed by atoms with Crippen LogP contribution in [-0.4, -0.2) is 95.3 Å². The average Bonchev–Trinajstić information content (AvgIpc) is 3.80. The summed E-state index contributed by atoms with van der Waals surface area (Å²) in [6, 6.07) is 0. The molecule has 3 atom stereocenters. The van der Waals surface area contributed by atoms with Gasteiger partial charge >= 0.3 is 17.9 Å². The van der Waals surface area contributed by atoms with Crippen LogP contribution >= 0.6 is 64.8 Å². The second-order valence-electron chi connectivity index (χ2n) is 11.2. The summed E-state index contributed by atoms with van der Waals surface area (Å²) in [6.07, 6.45) is 14.5. The molecule has 3 unspecified atom stereocenters. The highest BCUT2D eigenvalue weighted by atomic mass is 33.1. The molecule has 0 bridgehead atoms. The molecule has 3 aliphatic heterocycles. The van der Waals surface area contributed by atoms with E-state index in [-0.39, 0.29) is 37.7 Å². The first kappa shape index (κ1) is 37.9. The molecular formula is C30H51NO6S6. The topological polar surface area (TPSA) is 82.1 Å². The monoisotopic (exact) mass is 713 g/mol. The van der Waals surface area contributed by atoms with Crippen molar-refractivity contribution in [3.8, 4) is 0 Å². The Morgan fingerprint density at radius 2 is 0.837 bits per heavy atom. The van der Waals surface area contributed by atoms with E-state index in [2.05, 4.69) is 0 Å². The van der Waals surface area contributed by atoms with Crippen LogP contribution < -0.4 is 0 Å². The minimum absolute atomic E-state index is 0.157. The molecule has 43 heavy (non-hydrogen) atoms. The number of ether oxygens (including phenoxy) is 3. The van der Waals surface area contributed by atoms with Crippen molar-refractivity contribution in [1.29, 1.82) is 0 Å². The van der Waals surface area contributed by atoms with Gasteiger partial charge in [-0.25, -0.2) is 0 Å². The summed E-state index contributed by atoms with van der Waals surface area (Å²) in [5.41, 5.74) is 0. The highest BCUT2D eigenvalue weighted by molar-refractivity contribution is 8.78. The molecule has 248 valence electrons. The van der Waals surface area contributed by atoms with Crippen molar-refractivity contribution in [3.05, 3.63) is 0 Å². The summed E-state index contributed by atoms with van der Waals surface area (Å²) >= 11 is 0. The zero-order valence-corrected chi connectivity index (χ0v) is 30.4. The van der Waals surface area contributed by atoms with E-state index in [1.807, 2.05) is 69.7 Å². The van der Waals surface area contributed by atoms with Gasteiger partial charge in [-0.15, -0.1) is 0 Å². The molecule has 0 aromatic heterocycles. The molecule has 3 rings (SSSR count). The van der Waals surface area contributed by atoms with Gasteiger partial charge in [0.2, 0.25) is 0 Å². The van der Waals surface area contributed by atoms with Crippen LogP contribution in [0.1, 0.15) is 96.3 Å². The minimum atomic E-state index is -0.157. The maximum Gasteiger partial charge on any atom is 0.305 e. The molecule has 7 nitrogen and oxygen atoms in total. The van der Waals surface area contributed by atoms with E-state index >= 15 is 0 Å². The third-order valence-electron chi connectivity index (χ3n) is 7.66. The predicted octanol–water partition coefficient (Wildman–Crippen LogP) is 8.06. The van der Waals surface area contributed by atoms with E-state index in [9.17, 15) is 14.4 Å². The number of esters is 3. The quantitative estimate of drug-likeness (QED) is 0.0419. The number of unbranched alkanes of at least 4 members (excludes halogenated alkanes) is 3. The molecule has 0 radical (unpaired) electrons. The van der Waals surface area contributed by atoms with Gasteiger partial charge in [0.1, 0.15) is 19.8 Å². The Balaban J connectivity index is 1.26. The first-order valence-corrected chi connectivity index (χ1v) is 23.3. The molecule has 3 aliphatic rings. The largest absolute Gasteiger partial charge is 0.464 e. The molecule has 0 amide bonds. The fourth-order valence-electron chi connectivity index (χ4n) is 5.04. The SMILES string of the molecule is O=C(CCCCC1CCSS1)OCCN(CCOC(=O)CCCCC1CCSS1)CCOC(=O)CCCCC1CCSS1. The highest BCUT2D eigenvalue weighted by Gasteiger charge is 2.18. The van der Waals surface area contributed by atoms with Crippen molar-refractivity contribution in [2.75, 3.05) is 56.7 Å². The molecule has 0 saturated carbocycles. The van der Waals surface area contributed by atoms with Crippen LogP contribution in [-0.2, 0) is 28.6 Å². The third-order valence-corrected chi connectivity index (χ3v) is 16.7. The first-order chi connectivity index (χ1) is 21.1. The van der Waals surface area contributed by atoms with E-state index in [1.165, 1.54) is 55.8 Å². The molecule has 0 N–H and O–H groups in total. The van der Waals surface area contributed by atoms with Gasteiger partial charge < -0.3 is 14.2 Å². The Hall–Kier alpha value is 0.470. The van der Waals surface area contributed by atoms with Crippen LogP contribution in [0.2, 0.25) is 0 Å².